The first-order chi connectivity index (χ1) is 16.4. The molecule has 3 aromatic carbocycles. The number of carbonyl (C=O) groups excluding carboxylic acids is 2. The molecule has 0 spiro atoms. The molecule has 1 N–H and O–H groups in total. The lowest BCUT2D eigenvalue weighted by molar-refractivity contribution is -0.117. The molecule has 7 heteroatoms. The molecule has 0 aliphatic carbocycles. The van der Waals surface area contributed by atoms with Gasteiger partial charge in [-0.1, -0.05) is 81.9 Å². The smallest absolute Gasteiger partial charge is 0.296 e. The molecule has 1 aliphatic rings. The van der Waals surface area contributed by atoms with E-state index in [0.29, 0.717) is 10.7 Å². The predicted octanol–water partition coefficient (Wildman–Crippen LogP) is 6.55. The molecule has 34 heavy (non-hydrogen) atoms. The zero-order valence-corrected chi connectivity index (χ0v) is 20.5. The van der Waals surface area contributed by atoms with Gasteiger partial charge >= 0.3 is 0 Å². The number of aromatic nitrogens is 1. The van der Waals surface area contributed by atoms with Gasteiger partial charge in [-0.25, -0.2) is 4.98 Å². The minimum absolute atomic E-state index is 0.0331. The van der Waals surface area contributed by atoms with Crippen LogP contribution in [0.1, 0.15) is 22.7 Å². The molecular formula is C27H19BrN2O3S. The summed E-state index contributed by atoms with van der Waals surface area (Å²) in [6.45, 7) is 1.99. The van der Waals surface area contributed by atoms with Crippen LogP contribution in [-0.4, -0.2) is 21.8 Å². The standard InChI is InChI=1S/C27H19BrN2O3S/c1-16-10-12-20-22(14-16)34-27(29-20)30-24(18-8-5-9-19(28)15-18)23(25(32)26(30)33)21(31)13-11-17-6-3-2-4-7-17/h2-15,24,32H,1H3/b13-11+. The summed E-state index contributed by atoms with van der Waals surface area (Å²) in [5, 5.41) is 11.3. The van der Waals surface area contributed by atoms with Crippen molar-refractivity contribution in [1.82, 2.24) is 4.98 Å². The van der Waals surface area contributed by atoms with Gasteiger partial charge in [0.25, 0.3) is 5.91 Å². The van der Waals surface area contributed by atoms with Gasteiger partial charge in [0.15, 0.2) is 16.7 Å². The van der Waals surface area contributed by atoms with Crippen molar-refractivity contribution in [1.29, 1.82) is 0 Å². The van der Waals surface area contributed by atoms with Crippen molar-refractivity contribution in [2.75, 3.05) is 4.90 Å². The molecular weight excluding hydrogens is 512 g/mol. The molecule has 1 aromatic heterocycles. The molecule has 1 aliphatic heterocycles. The first-order valence-corrected chi connectivity index (χ1v) is 12.2. The van der Waals surface area contributed by atoms with Gasteiger partial charge in [0.1, 0.15) is 0 Å². The summed E-state index contributed by atoms with van der Waals surface area (Å²) in [6, 6.07) is 21.8. The Bertz CT molecular complexity index is 1490. The third-order valence-corrected chi connectivity index (χ3v) is 7.11. The summed E-state index contributed by atoms with van der Waals surface area (Å²) in [7, 11) is 0. The molecule has 168 valence electrons. The number of aryl methyl sites for hydroxylation is 1. The van der Waals surface area contributed by atoms with Gasteiger partial charge in [-0.15, -0.1) is 0 Å². The summed E-state index contributed by atoms with van der Waals surface area (Å²) in [5.41, 5.74) is 3.42. The third-order valence-electron chi connectivity index (χ3n) is 5.60. The molecule has 4 aromatic rings. The van der Waals surface area contributed by atoms with E-state index in [1.165, 1.54) is 22.3 Å². The Kier molecular flexibility index (Phi) is 5.89. The van der Waals surface area contributed by atoms with Crippen molar-refractivity contribution < 1.29 is 14.7 Å². The zero-order valence-electron chi connectivity index (χ0n) is 18.1. The Hall–Kier alpha value is -3.55. The van der Waals surface area contributed by atoms with E-state index in [9.17, 15) is 14.7 Å². The average Bonchev–Trinajstić information content (AvgIpc) is 3.36. The number of carbonyl (C=O) groups is 2. The van der Waals surface area contributed by atoms with Crippen LogP contribution in [0, 0.1) is 6.92 Å². The average molecular weight is 531 g/mol. The van der Waals surface area contributed by atoms with Crippen molar-refractivity contribution in [3.05, 3.63) is 111 Å². The number of thiazole rings is 1. The molecule has 5 nitrogen and oxygen atoms in total. The molecule has 2 heterocycles. The van der Waals surface area contributed by atoms with Gasteiger partial charge in [-0.2, -0.15) is 0 Å². The van der Waals surface area contributed by atoms with Crippen molar-refractivity contribution in [2.45, 2.75) is 13.0 Å². The van der Waals surface area contributed by atoms with Gasteiger partial charge in [0, 0.05) is 4.47 Å². The minimum Gasteiger partial charge on any atom is -0.503 e. The number of amides is 1. The number of hydrogen-bond acceptors (Lipinski definition) is 5. The summed E-state index contributed by atoms with van der Waals surface area (Å²) >= 11 is 4.83. The number of aliphatic hydroxyl groups is 1. The summed E-state index contributed by atoms with van der Waals surface area (Å²) < 4.78 is 1.73. The van der Waals surface area contributed by atoms with Crippen molar-refractivity contribution >= 4 is 60.4 Å². The first-order valence-electron chi connectivity index (χ1n) is 10.6. The Labute approximate surface area is 208 Å². The topological polar surface area (TPSA) is 70.5 Å². The van der Waals surface area contributed by atoms with Crippen LogP contribution in [0.25, 0.3) is 16.3 Å². The normalized spacial score (nSPS) is 16.2. The SMILES string of the molecule is Cc1ccc2nc(N3C(=O)C(O)=C(C(=O)/C=C/c4ccccc4)C3c3cccc(Br)c3)sc2c1. The quantitative estimate of drug-likeness (QED) is 0.297. The summed E-state index contributed by atoms with van der Waals surface area (Å²) in [6.07, 6.45) is 3.07. The van der Waals surface area contributed by atoms with Crippen LogP contribution in [0.5, 0.6) is 0 Å². The number of hydrogen-bond donors (Lipinski definition) is 1. The lowest BCUT2D eigenvalue weighted by Crippen LogP contribution is -2.30. The van der Waals surface area contributed by atoms with Crippen molar-refractivity contribution in [3.63, 3.8) is 0 Å². The highest BCUT2D eigenvalue weighted by Gasteiger charge is 2.45. The maximum absolute atomic E-state index is 13.3. The highest BCUT2D eigenvalue weighted by atomic mass is 79.9. The number of allylic oxidation sites excluding steroid dienone is 1. The fourth-order valence-electron chi connectivity index (χ4n) is 3.99. The first kappa shape index (κ1) is 22.3. The fourth-order valence-corrected chi connectivity index (χ4v) is 5.50. The van der Waals surface area contributed by atoms with Crippen LogP contribution in [0.15, 0.2) is 94.7 Å². The third kappa shape index (κ3) is 4.08. The van der Waals surface area contributed by atoms with Gasteiger partial charge in [-0.3, -0.25) is 14.5 Å². The number of rotatable bonds is 5. The molecule has 0 radical (unpaired) electrons. The molecule has 1 unspecified atom stereocenters. The number of aliphatic hydroxyl groups excluding tert-OH is 1. The number of benzene rings is 3. The molecule has 0 saturated carbocycles. The molecule has 1 amide bonds. The predicted molar refractivity (Wildman–Crippen MR) is 139 cm³/mol. The van der Waals surface area contributed by atoms with Crippen LogP contribution < -0.4 is 4.90 Å². The van der Waals surface area contributed by atoms with Crippen molar-refractivity contribution in [3.8, 4) is 0 Å². The Morgan fingerprint density at radius 1 is 1.09 bits per heavy atom. The van der Waals surface area contributed by atoms with Crippen LogP contribution in [0.2, 0.25) is 0 Å². The monoisotopic (exact) mass is 530 g/mol. The maximum atomic E-state index is 13.3. The van der Waals surface area contributed by atoms with E-state index in [4.69, 9.17) is 0 Å². The maximum Gasteiger partial charge on any atom is 0.296 e. The van der Waals surface area contributed by atoms with E-state index in [1.54, 1.807) is 6.08 Å². The van der Waals surface area contributed by atoms with E-state index < -0.39 is 23.5 Å². The lowest BCUT2D eigenvalue weighted by atomic mass is 9.96. The van der Waals surface area contributed by atoms with Crippen molar-refractivity contribution in [2.24, 2.45) is 0 Å². The number of ketones is 1. The molecule has 1 atom stereocenters. The van der Waals surface area contributed by atoms with E-state index in [2.05, 4.69) is 20.9 Å². The van der Waals surface area contributed by atoms with E-state index in [-0.39, 0.29) is 5.57 Å². The number of nitrogens with zero attached hydrogens (tertiary/aromatic N) is 2. The Morgan fingerprint density at radius 3 is 2.65 bits per heavy atom. The van der Waals surface area contributed by atoms with E-state index in [0.717, 1.165) is 25.8 Å². The van der Waals surface area contributed by atoms with Crippen LogP contribution in [0.3, 0.4) is 0 Å². The van der Waals surface area contributed by atoms with Gasteiger partial charge in [0.05, 0.1) is 21.8 Å². The molecule has 0 bridgehead atoms. The molecule has 5 rings (SSSR count). The molecule has 0 saturated heterocycles. The summed E-state index contributed by atoms with van der Waals surface area (Å²) in [5.74, 6) is -1.63. The van der Waals surface area contributed by atoms with Crippen LogP contribution in [0.4, 0.5) is 5.13 Å². The second-order valence-corrected chi connectivity index (χ2v) is 9.90. The van der Waals surface area contributed by atoms with Crippen LogP contribution >= 0.6 is 27.3 Å². The molecule has 0 fully saturated rings. The lowest BCUT2D eigenvalue weighted by Gasteiger charge is -2.24. The van der Waals surface area contributed by atoms with Gasteiger partial charge in [-0.05, 0) is 54.0 Å². The number of halogens is 1. The van der Waals surface area contributed by atoms with E-state index >= 15 is 0 Å². The number of fused-ring (bicyclic) bond motifs is 1. The Balaban J connectivity index is 1.61. The zero-order chi connectivity index (χ0) is 23.8. The largest absolute Gasteiger partial charge is 0.503 e. The van der Waals surface area contributed by atoms with E-state index in [1.807, 2.05) is 79.7 Å². The highest BCUT2D eigenvalue weighted by Crippen LogP contribution is 2.44. The minimum atomic E-state index is -0.806. The second-order valence-electron chi connectivity index (χ2n) is 7.97. The van der Waals surface area contributed by atoms with Gasteiger partial charge in [0.2, 0.25) is 0 Å². The fraction of sp³-hybridized carbons (Fsp3) is 0.0741. The second kappa shape index (κ2) is 9.00. The highest BCUT2D eigenvalue weighted by molar-refractivity contribution is 9.10. The Morgan fingerprint density at radius 2 is 1.88 bits per heavy atom. The summed E-state index contributed by atoms with van der Waals surface area (Å²) in [4.78, 5) is 32.7. The number of anilines is 1. The van der Waals surface area contributed by atoms with Gasteiger partial charge < -0.3 is 5.11 Å². The van der Waals surface area contributed by atoms with Crippen LogP contribution in [-0.2, 0) is 9.59 Å².